The van der Waals surface area contributed by atoms with Crippen LogP contribution in [0.2, 0.25) is 0 Å². The van der Waals surface area contributed by atoms with Crippen LogP contribution in [0.15, 0.2) is 29.6 Å². The van der Waals surface area contributed by atoms with Crippen molar-refractivity contribution in [3.8, 4) is 11.1 Å². The van der Waals surface area contributed by atoms with Gasteiger partial charge in [-0.15, -0.1) is 11.3 Å². The van der Waals surface area contributed by atoms with Gasteiger partial charge in [-0.3, -0.25) is 9.69 Å². The van der Waals surface area contributed by atoms with Crippen molar-refractivity contribution in [2.24, 2.45) is 0 Å². The molecule has 0 saturated carbocycles. The summed E-state index contributed by atoms with van der Waals surface area (Å²) >= 11 is 1.25. The van der Waals surface area contributed by atoms with Gasteiger partial charge in [-0.1, -0.05) is 12.1 Å². The minimum Gasteiger partial charge on any atom is -0.462 e. The monoisotopic (exact) mass is 420 g/mol. The van der Waals surface area contributed by atoms with Crippen molar-refractivity contribution in [2.75, 3.05) is 31.6 Å². The number of amides is 1. The Hall–Kier alpha value is -2.29. The molecular weight excluding hydrogens is 395 g/mol. The van der Waals surface area contributed by atoms with Crippen LogP contribution >= 0.6 is 11.3 Å². The number of halogens is 1. The number of hydrogen-bond donors (Lipinski definition) is 1. The number of hydrogen-bond acceptors (Lipinski definition) is 6. The average molecular weight is 421 g/mol. The van der Waals surface area contributed by atoms with Gasteiger partial charge in [-0.05, 0) is 38.5 Å². The number of anilines is 1. The first-order valence-electron chi connectivity index (χ1n) is 9.59. The van der Waals surface area contributed by atoms with Gasteiger partial charge in [0.15, 0.2) is 0 Å². The Morgan fingerprint density at radius 2 is 1.90 bits per heavy atom. The molecule has 2 heterocycles. The molecule has 0 bridgehead atoms. The van der Waals surface area contributed by atoms with Gasteiger partial charge in [-0.2, -0.15) is 0 Å². The molecule has 0 spiro atoms. The van der Waals surface area contributed by atoms with Crippen LogP contribution in [0.1, 0.15) is 31.1 Å². The molecule has 156 valence electrons. The molecule has 1 amide bonds. The lowest BCUT2D eigenvalue weighted by molar-refractivity contribution is -0.121. The molecule has 1 aromatic carbocycles. The highest BCUT2D eigenvalue weighted by Gasteiger charge is 2.26. The Balaban J connectivity index is 1.80. The van der Waals surface area contributed by atoms with E-state index in [-0.39, 0.29) is 37.1 Å². The first-order chi connectivity index (χ1) is 13.9. The van der Waals surface area contributed by atoms with Gasteiger partial charge in [0.1, 0.15) is 16.4 Å². The summed E-state index contributed by atoms with van der Waals surface area (Å²) in [5.74, 6) is -1.08. The molecule has 0 aliphatic carbocycles. The minimum atomic E-state index is -0.517. The minimum absolute atomic E-state index is 0.0634. The third-order valence-corrected chi connectivity index (χ3v) is 5.44. The lowest BCUT2D eigenvalue weighted by atomic mass is 10.0. The molecule has 1 saturated heterocycles. The van der Waals surface area contributed by atoms with E-state index < -0.39 is 5.97 Å². The lowest BCUT2D eigenvalue weighted by Gasteiger charge is -2.34. The van der Waals surface area contributed by atoms with E-state index >= 15 is 0 Å². The van der Waals surface area contributed by atoms with Crippen molar-refractivity contribution in [2.45, 2.75) is 33.0 Å². The van der Waals surface area contributed by atoms with Gasteiger partial charge < -0.3 is 14.8 Å². The molecule has 1 N–H and O–H groups in total. The Morgan fingerprint density at radius 1 is 1.24 bits per heavy atom. The maximum absolute atomic E-state index is 13.3. The number of thiophene rings is 1. The number of esters is 1. The quantitative estimate of drug-likeness (QED) is 0.721. The Kier molecular flexibility index (Phi) is 7.00. The van der Waals surface area contributed by atoms with E-state index in [0.717, 1.165) is 0 Å². The zero-order valence-corrected chi connectivity index (χ0v) is 17.6. The standard InChI is InChI=1S/C21H25FN2O4S/c1-4-27-21(26)19-17(15-5-7-16(22)8-6-15)12-29-20(19)23-18(25)11-24-9-13(2)28-14(3)10-24/h5-8,12-14H,4,9-11H2,1-3H3,(H,23,25)/t13-,14+. The maximum Gasteiger partial charge on any atom is 0.341 e. The number of benzene rings is 1. The molecule has 3 rings (SSSR count). The zero-order chi connectivity index (χ0) is 21.0. The van der Waals surface area contributed by atoms with Crippen molar-refractivity contribution >= 4 is 28.2 Å². The molecule has 1 fully saturated rings. The van der Waals surface area contributed by atoms with Crippen LogP contribution in [0.5, 0.6) is 0 Å². The summed E-state index contributed by atoms with van der Waals surface area (Å²) < 4.78 is 24.2. The normalized spacial score (nSPS) is 19.7. The lowest BCUT2D eigenvalue weighted by Crippen LogP contribution is -2.48. The van der Waals surface area contributed by atoms with Crippen LogP contribution in [0.25, 0.3) is 11.1 Å². The molecule has 1 aromatic heterocycles. The summed E-state index contributed by atoms with van der Waals surface area (Å²) in [4.78, 5) is 27.2. The molecule has 8 heteroatoms. The summed E-state index contributed by atoms with van der Waals surface area (Å²) in [6.07, 6.45) is 0.127. The summed E-state index contributed by atoms with van der Waals surface area (Å²) in [7, 11) is 0. The van der Waals surface area contributed by atoms with Crippen molar-refractivity contribution in [3.05, 3.63) is 41.0 Å². The zero-order valence-electron chi connectivity index (χ0n) is 16.7. The number of rotatable bonds is 6. The molecule has 1 aliphatic rings. The first kappa shape index (κ1) is 21.4. The summed E-state index contributed by atoms with van der Waals surface area (Å²) in [6, 6.07) is 5.87. The fourth-order valence-electron chi connectivity index (χ4n) is 3.48. The molecule has 2 atom stereocenters. The van der Waals surface area contributed by atoms with E-state index in [1.807, 2.05) is 18.7 Å². The van der Waals surface area contributed by atoms with Crippen LogP contribution in [-0.4, -0.2) is 55.2 Å². The Bertz CT molecular complexity index is 858. The third-order valence-electron chi connectivity index (χ3n) is 4.54. The predicted molar refractivity (Wildman–Crippen MR) is 111 cm³/mol. The highest BCUT2D eigenvalue weighted by Crippen LogP contribution is 2.36. The fourth-order valence-corrected chi connectivity index (χ4v) is 4.45. The Labute approximate surface area is 173 Å². The van der Waals surface area contributed by atoms with Crippen LogP contribution in [-0.2, 0) is 14.3 Å². The fraction of sp³-hybridized carbons (Fsp3) is 0.429. The van der Waals surface area contributed by atoms with Crippen molar-refractivity contribution in [3.63, 3.8) is 0 Å². The number of carbonyl (C=O) groups excluding carboxylic acids is 2. The van der Waals surface area contributed by atoms with E-state index in [0.29, 0.717) is 34.8 Å². The molecule has 29 heavy (non-hydrogen) atoms. The van der Waals surface area contributed by atoms with Gasteiger partial charge in [-0.25, -0.2) is 9.18 Å². The van der Waals surface area contributed by atoms with Gasteiger partial charge >= 0.3 is 5.97 Å². The van der Waals surface area contributed by atoms with Gasteiger partial charge in [0, 0.05) is 24.0 Å². The number of carbonyl (C=O) groups is 2. The molecule has 0 unspecified atom stereocenters. The second kappa shape index (κ2) is 9.47. The van der Waals surface area contributed by atoms with E-state index in [4.69, 9.17) is 9.47 Å². The number of nitrogens with zero attached hydrogens (tertiary/aromatic N) is 1. The summed E-state index contributed by atoms with van der Waals surface area (Å²) in [5, 5.41) is 5.05. The largest absolute Gasteiger partial charge is 0.462 e. The molecule has 6 nitrogen and oxygen atoms in total. The van der Waals surface area contributed by atoms with Crippen molar-refractivity contribution in [1.29, 1.82) is 0 Å². The van der Waals surface area contributed by atoms with Crippen LogP contribution < -0.4 is 5.32 Å². The summed E-state index contributed by atoms with van der Waals surface area (Å²) in [6.45, 7) is 7.46. The van der Waals surface area contributed by atoms with E-state index in [1.165, 1.54) is 23.5 Å². The van der Waals surface area contributed by atoms with Crippen molar-refractivity contribution < 1.29 is 23.5 Å². The molecule has 0 radical (unpaired) electrons. The van der Waals surface area contributed by atoms with E-state index in [2.05, 4.69) is 5.32 Å². The number of ether oxygens (including phenoxy) is 2. The van der Waals surface area contributed by atoms with E-state index in [1.54, 1.807) is 24.4 Å². The third kappa shape index (κ3) is 5.41. The van der Waals surface area contributed by atoms with Crippen LogP contribution in [0, 0.1) is 5.82 Å². The highest BCUT2D eigenvalue weighted by atomic mass is 32.1. The highest BCUT2D eigenvalue weighted by molar-refractivity contribution is 7.15. The number of morpholine rings is 1. The number of nitrogens with one attached hydrogen (secondary N) is 1. The predicted octanol–water partition coefficient (Wildman–Crippen LogP) is 3.78. The Morgan fingerprint density at radius 3 is 2.52 bits per heavy atom. The topological polar surface area (TPSA) is 67.9 Å². The van der Waals surface area contributed by atoms with Gasteiger partial charge in [0.25, 0.3) is 0 Å². The molecule has 1 aliphatic heterocycles. The van der Waals surface area contributed by atoms with Crippen LogP contribution in [0.4, 0.5) is 9.39 Å². The van der Waals surface area contributed by atoms with Crippen LogP contribution in [0.3, 0.4) is 0 Å². The SMILES string of the molecule is CCOC(=O)c1c(-c2ccc(F)cc2)csc1NC(=O)CN1C[C@@H](C)O[C@@H](C)C1. The summed E-state index contributed by atoms with van der Waals surface area (Å²) in [5.41, 5.74) is 1.58. The second-order valence-corrected chi connectivity index (χ2v) is 7.96. The van der Waals surface area contributed by atoms with Crippen molar-refractivity contribution in [1.82, 2.24) is 4.90 Å². The maximum atomic E-state index is 13.3. The molecule has 2 aromatic rings. The smallest absolute Gasteiger partial charge is 0.341 e. The van der Waals surface area contributed by atoms with E-state index in [9.17, 15) is 14.0 Å². The first-order valence-corrected chi connectivity index (χ1v) is 10.5. The van der Waals surface area contributed by atoms with Gasteiger partial charge in [0.2, 0.25) is 5.91 Å². The molecular formula is C21H25FN2O4S. The average Bonchev–Trinajstić information content (AvgIpc) is 3.05. The van der Waals surface area contributed by atoms with Gasteiger partial charge in [0.05, 0.1) is 25.4 Å². The second-order valence-electron chi connectivity index (χ2n) is 7.08.